The molecule has 28 heavy (non-hydrogen) atoms. The zero-order chi connectivity index (χ0) is 19.8. The summed E-state index contributed by atoms with van der Waals surface area (Å²) in [5.41, 5.74) is 11.4. The standard InChI is InChI=1S/C21H18N4O3/c22-18-5-1-2-6-19(18)24-21(27)17-9-7-16(8-10-17)20(13-26)25-28-14-15-4-3-11-23-12-15/h1-12,25H,14,22H2,(H,24,27). The van der Waals surface area contributed by atoms with Gasteiger partial charge in [0.1, 0.15) is 6.61 Å². The van der Waals surface area contributed by atoms with E-state index in [1.165, 1.54) is 0 Å². The fraction of sp³-hybridized carbons (Fsp3) is 0.0476. The maximum Gasteiger partial charge on any atom is 0.255 e. The predicted molar refractivity (Wildman–Crippen MR) is 107 cm³/mol. The highest BCUT2D eigenvalue weighted by Gasteiger charge is 2.09. The second-order valence-corrected chi connectivity index (χ2v) is 5.85. The molecule has 0 bridgehead atoms. The maximum atomic E-state index is 12.3. The first-order valence-electron chi connectivity index (χ1n) is 8.45. The van der Waals surface area contributed by atoms with Crippen molar-refractivity contribution in [2.24, 2.45) is 0 Å². The molecule has 0 saturated carbocycles. The van der Waals surface area contributed by atoms with E-state index in [0.717, 1.165) is 5.56 Å². The number of carbonyl (C=O) groups excluding carboxylic acids is 2. The molecule has 0 saturated heterocycles. The summed E-state index contributed by atoms with van der Waals surface area (Å²) in [6, 6.07) is 17.1. The van der Waals surface area contributed by atoms with Gasteiger partial charge in [0.2, 0.25) is 0 Å². The van der Waals surface area contributed by atoms with Crippen LogP contribution in [0.25, 0.3) is 5.70 Å². The molecule has 0 radical (unpaired) electrons. The number of nitrogen functional groups attached to an aromatic ring is 1. The number of hydrogen-bond donors (Lipinski definition) is 3. The first-order valence-corrected chi connectivity index (χ1v) is 8.45. The molecule has 3 rings (SSSR count). The van der Waals surface area contributed by atoms with Crippen LogP contribution in [0.15, 0.2) is 73.1 Å². The molecule has 0 spiro atoms. The topological polar surface area (TPSA) is 106 Å². The molecule has 0 unspecified atom stereocenters. The highest BCUT2D eigenvalue weighted by atomic mass is 16.6. The van der Waals surface area contributed by atoms with Crippen molar-refractivity contribution < 1.29 is 14.4 Å². The van der Waals surface area contributed by atoms with Crippen LogP contribution in [0.4, 0.5) is 11.4 Å². The average molecular weight is 374 g/mol. The van der Waals surface area contributed by atoms with E-state index in [1.807, 2.05) is 6.07 Å². The molecule has 0 atom stereocenters. The lowest BCUT2D eigenvalue weighted by atomic mass is 10.1. The number of nitrogens with zero attached hydrogens (tertiary/aromatic N) is 1. The van der Waals surface area contributed by atoms with Crippen molar-refractivity contribution >= 4 is 28.9 Å². The number of aromatic nitrogens is 1. The molecule has 7 nitrogen and oxygen atoms in total. The Kier molecular flexibility index (Phi) is 6.15. The summed E-state index contributed by atoms with van der Waals surface area (Å²) in [6.07, 6.45) is 3.33. The van der Waals surface area contributed by atoms with Gasteiger partial charge in [-0.15, -0.1) is 0 Å². The van der Waals surface area contributed by atoms with Crippen LogP contribution in [-0.4, -0.2) is 16.8 Å². The number of hydrogen-bond acceptors (Lipinski definition) is 6. The number of carbonyl (C=O) groups is 1. The van der Waals surface area contributed by atoms with E-state index < -0.39 is 0 Å². The number of benzene rings is 2. The number of nitrogens with one attached hydrogen (secondary N) is 2. The summed E-state index contributed by atoms with van der Waals surface area (Å²) in [5, 5.41) is 2.75. The summed E-state index contributed by atoms with van der Waals surface area (Å²) in [5.74, 6) is 1.49. The molecular formula is C21H18N4O3. The minimum absolute atomic E-state index is 0.128. The predicted octanol–water partition coefficient (Wildman–Crippen LogP) is 2.81. The van der Waals surface area contributed by atoms with Gasteiger partial charge in [-0.05, 0) is 35.9 Å². The monoisotopic (exact) mass is 374 g/mol. The Morgan fingerprint density at radius 2 is 1.79 bits per heavy atom. The van der Waals surface area contributed by atoms with E-state index in [-0.39, 0.29) is 18.2 Å². The first-order chi connectivity index (χ1) is 13.7. The smallest absolute Gasteiger partial charge is 0.255 e. The van der Waals surface area contributed by atoms with Gasteiger partial charge < -0.3 is 11.1 Å². The lowest BCUT2D eigenvalue weighted by Crippen LogP contribution is -2.15. The van der Waals surface area contributed by atoms with Crippen LogP contribution < -0.4 is 16.5 Å². The van der Waals surface area contributed by atoms with Crippen molar-refractivity contribution in [1.29, 1.82) is 0 Å². The Morgan fingerprint density at radius 3 is 2.46 bits per heavy atom. The lowest BCUT2D eigenvalue weighted by Gasteiger charge is -2.10. The summed E-state index contributed by atoms with van der Waals surface area (Å²) in [4.78, 5) is 32.9. The lowest BCUT2D eigenvalue weighted by molar-refractivity contribution is 0.0649. The Balaban J connectivity index is 1.61. The third-order valence-corrected chi connectivity index (χ3v) is 3.88. The molecule has 0 fully saturated rings. The number of nitrogens with two attached hydrogens (primary N) is 1. The number of hydroxylamine groups is 1. The zero-order valence-electron chi connectivity index (χ0n) is 14.9. The van der Waals surface area contributed by atoms with Gasteiger partial charge in [-0.25, -0.2) is 4.79 Å². The molecule has 1 amide bonds. The third-order valence-electron chi connectivity index (χ3n) is 3.88. The number of anilines is 2. The Morgan fingerprint density at radius 1 is 1.04 bits per heavy atom. The zero-order valence-corrected chi connectivity index (χ0v) is 14.9. The molecule has 4 N–H and O–H groups in total. The molecule has 1 aromatic heterocycles. The summed E-state index contributed by atoms with van der Waals surface area (Å²) < 4.78 is 0. The highest BCUT2D eigenvalue weighted by Crippen LogP contribution is 2.18. The third kappa shape index (κ3) is 4.82. The van der Waals surface area contributed by atoms with Crippen molar-refractivity contribution in [2.75, 3.05) is 11.1 Å². The van der Waals surface area contributed by atoms with E-state index >= 15 is 0 Å². The van der Waals surface area contributed by atoms with Crippen LogP contribution in [0.2, 0.25) is 0 Å². The summed E-state index contributed by atoms with van der Waals surface area (Å²) >= 11 is 0. The second kappa shape index (κ2) is 9.14. The van der Waals surface area contributed by atoms with Crippen molar-refractivity contribution in [3.63, 3.8) is 0 Å². The Labute approximate surface area is 161 Å². The quantitative estimate of drug-likeness (QED) is 0.334. The van der Waals surface area contributed by atoms with Crippen molar-refractivity contribution in [3.05, 3.63) is 89.7 Å². The molecule has 2 aromatic carbocycles. The van der Waals surface area contributed by atoms with E-state index in [4.69, 9.17) is 10.6 Å². The van der Waals surface area contributed by atoms with Gasteiger partial charge in [0, 0.05) is 23.5 Å². The number of amides is 1. The van der Waals surface area contributed by atoms with Crippen LogP contribution in [0.1, 0.15) is 21.5 Å². The fourth-order valence-corrected chi connectivity index (χ4v) is 2.41. The summed E-state index contributed by atoms with van der Waals surface area (Å²) in [6.45, 7) is 0.234. The van der Waals surface area contributed by atoms with Gasteiger partial charge >= 0.3 is 0 Å². The molecular weight excluding hydrogens is 356 g/mol. The largest absolute Gasteiger partial charge is 0.397 e. The van der Waals surface area contributed by atoms with Gasteiger partial charge in [-0.1, -0.05) is 30.3 Å². The van der Waals surface area contributed by atoms with Crippen molar-refractivity contribution in [1.82, 2.24) is 10.5 Å². The van der Waals surface area contributed by atoms with Crippen LogP contribution >= 0.6 is 0 Å². The van der Waals surface area contributed by atoms with Crippen molar-refractivity contribution in [3.8, 4) is 0 Å². The minimum atomic E-state index is -0.304. The molecule has 0 aliphatic rings. The van der Waals surface area contributed by atoms with Crippen LogP contribution in [0, 0.1) is 0 Å². The molecule has 0 aliphatic heterocycles. The second-order valence-electron chi connectivity index (χ2n) is 5.85. The average Bonchev–Trinajstić information content (AvgIpc) is 2.74. The molecule has 0 aliphatic carbocycles. The number of rotatable bonds is 7. The van der Waals surface area contributed by atoms with E-state index in [9.17, 15) is 9.59 Å². The van der Waals surface area contributed by atoms with Gasteiger partial charge in [-0.3, -0.25) is 20.1 Å². The first kappa shape index (κ1) is 18.8. The molecule has 7 heteroatoms. The van der Waals surface area contributed by atoms with Crippen molar-refractivity contribution in [2.45, 2.75) is 6.61 Å². The van der Waals surface area contributed by atoms with Gasteiger partial charge in [-0.2, -0.15) is 0 Å². The highest BCUT2D eigenvalue weighted by molar-refractivity contribution is 6.06. The Hall–Kier alpha value is -3.93. The minimum Gasteiger partial charge on any atom is -0.397 e. The molecule has 3 aromatic rings. The van der Waals surface area contributed by atoms with Gasteiger partial charge in [0.25, 0.3) is 5.91 Å². The normalized spacial score (nSPS) is 10.0. The van der Waals surface area contributed by atoms with Crippen LogP contribution in [0.3, 0.4) is 0 Å². The SMILES string of the molecule is Nc1ccccc1NC(=O)c1ccc(C(=C=O)NOCc2cccnc2)cc1. The molecule has 140 valence electrons. The Bertz CT molecular complexity index is 998. The van der Waals surface area contributed by atoms with Gasteiger partial charge in [0.15, 0.2) is 11.6 Å². The number of para-hydroxylation sites is 2. The van der Waals surface area contributed by atoms with E-state index in [0.29, 0.717) is 22.5 Å². The fourth-order valence-electron chi connectivity index (χ4n) is 2.41. The number of pyridine rings is 1. The van der Waals surface area contributed by atoms with Crippen LogP contribution in [0.5, 0.6) is 0 Å². The van der Waals surface area contributed by atoms with Crippen LogP contribution in [-0.2, 0) is 16.2 Å². The van der Waals surface area contributed by atoms with Gasteiger partial charge in [0.05, 0.1) is 11.4 Å². The maximum absolute atomic E-state index is 12.3. The summed E-state index contributed by atoms with van der Waals surface area (Å²) in [7, 11) is 0. The van der Waals surface area contributed by atoms with E-state index in [2.05, 4.69) is 15.8 Å². The molecule has 1 heterocycles. The van der Waals surface area contributed by atoms with E-state index in [1.54, 1.807) is 72.9 Å².